The highest BCUT2D eigenvalue weighted by Crippen LogP contribution is 2.39. The first-order valence-corrected chi connectivity index (χ1v) is 7.63. The number of Topliss-reactive ketones (excluding diaryl/α,β-unsaturated/α-hetero) is 1. The summed E-state index contributed by atoms with van der Waals surface area (Å²) in [7, 11) is 0. The zero-order valence-electron chi connectivity index (χ0n) is 11.5. The topological polar surface area (TPSA) is 54.9 Å². The lowest BCUT2D eigenvalue weighted by atomic mass is 10.1. The summed E-state index contributed by atoms with van der Waals surface area (Å²) in [4.78, 5) is 22.6. The molecule has 0 radical (unpaired) electrons. The Morgan fingerprint density at radius 2 is 1.86 bits per heavy atom. The van der Waals surface area contributed by atoms with Crippen LogP contribution in [0.4, 0.5) is 5.95 Å². The lowest BCUT2D eigenvalue weighted by Crippen LogP contribution is -2.00. The van der Waals surface area contributed by atoms with E-state index in [1.165, 1.54) is 11.8 Å². The van der Waals surface area contributed by atoms with E-state index in [9.17, 15) is 4.79 Å². The molecule has 4 rings (SSSR count). The van der Waals surface area contributed by atoms with Gasteiger partial charge in [-0.3, -0.25) is 4.79 Å². The number of allylic oxidation sites excluding steroid dienone is 1. The summed E-state index contributed by atoms with van der Waals surface area (Å²) in [5.74, 6) is 0.518. The van der Waals surface area contributed by atoms with Crippen molar-refractivity contribution in [1.82, 2.24) is 9.97 Å². The molecule has 0 fully saturated rings. The number of anilines is 1. The molecule has 22 heavy (non-hydrogen) atoms. The molecule has 0 aliphatic carbocycles. The van der Waals surface area contributed by atoms with Gasteiger partial charge in [-0.05, 0) is 18.2 Å². The lowest BCUT2D eigenvalue weighted by Gasteiger charge is -2.02. The van der Waals surface area contributed by atoms with E-state index in [1.54, 1.807) is 12.4 Å². The summed E-state index contributed by atoms with van der Waals surface area (Å²) >= 11 is 1.46. The molecule has 0 saturated heterocycles. The molecule has 0 atom stereocenters. The smallest absolute Gasteiger partial charge is 0.227 e. The first-order chi connectivity index (χ1) is 10.8. The second-order valence-corrected chi connectivity index (χ2v) is 5.92. The predicted octanol–water partition coefficient (Wildman–Crippen LogP) is 3.87. The van der Waals surface area contributed by atoms with Crippen LogP contribution >= 0.6 is 11.8 Å². The average molecular weight is 305 g/mol. The monoisotopic (exact) mass is 305 g/mol. The maximum Gasteiger partial charge on any atom is 0.227 e. The minimum atomic E-state index is 0.0360. The predicted molar refractivity (Wildman–Crippen MR) is 87.9 cm³/mol. The van der Waals surface area contributed by atoms with Crippen molar-refractivity contribution in [1.29, 1.82) is 0 Å². The molecule has 2 heterocycles. The molecular formula is C17H11N3OS. The SMILES string of the molecule is O=C1/C(=C/Nc2ncc3ccccc3n2)Sc2ccccc21. The molecule has 5 heteroatoms. The van der Waals surface area contributed by atoms with Crippen molar-refractivity contribution in [3.63, 3.8) is 0 Å². The number of carbonyl (C=O) groups excluding carboxylic acids is 1. The minimum absolute atomic E-state index is 0.0360. The highest BCUT2D eigenvalue weighted by Gasteiger charge is 2.25. The molecule has 1 N–H and O–H groups in total. The van der Waals surface area contributed by atoms with Gasteiger partial charge in [-0.15, -0.1) is 0 Å². The molecule has 1 aliphatic heterocycles. The number of hydrogen-bond donors (Lipinski definition) is 1. The van der Waals surface area contributed by atoms with Gasteiger partial charge in [0.2, 0.25) is 11.7 Å². The van der Waals surface area contributed by atoms with E-state index >= 15 is 0 Å². The largest absolute Gasteiger partial charge is 0.329 e. The molecule has 2 aromatic carbocycles. The molecule has 1 aliphatic rings. The maximum atomic E-state index is 12.3. The Kier molecular flexibility index (Phi) is 3.12. The number of nitrogens with one attached hydrogen (secondary N) is 1. The number of hydrogen-bond acceptors (Lipinski definition) is 5. The van der Waals surface area contributed by atoms with Gasteiger partial charge in [0, 0.05) is 28.2 Å². The molecular weight excluding hydrogens is 294 g/mol. The highest BCUT2D eigenvalue weighted by molar-refractivity contribution is 8.04. The maximum absolute atomic E-state index is 12.3. The number of fused-ring (bicyclic) bond motifs is 2. The number of para-hydroxylation sites is 1. The van der Waals surface area contributed by atoms with Crippen LogP contribution < -0.4 is 5.32 Å². The van der Waals surface area contributed by atoms with Crippen molar-refractivity contribution in [2.75, 3.05) is 5.32 Å². The molecule has 0 unspecified atom stereocenters. The van der Waals surface area contributed by atoms with Gasteiger partial charge in [-0.25, -0.2) is 9.97 Å². The van der Waals surface area contributed by atoms with Crippen molar-refractivity contribution in [3.05, 3.63) is 71.4 Å². The third-order valence-corrected chi connectivity index (χ3v) is 4.50. The van der Waals surface area contributed by atoms with Gasteiger partial charge in [-0.2, -0.15) is 0 Å². The van der Waals surface area contributed by atoms with E-state index < -0.39 is 0 Å². The number of benzene rings is 2. The summed E-state index contributed by atoms with van der Waals surface area (Å²) < 4.78 is 0. The Labute approximate surface area is 131 Å². The molecule has 0 amide bonds. The summed E-state index contributed by atoms with van der Waals surface area (Å²) in [6.45, 7) is 0. The Bertz CT molecular complexity index is 920. The van der Waals surface area contributed by atoms with Gasteiger partial charge in [-0.1, -0.05) is 42.1 Å². The fourth-order valence-electron chi connectivity index (χ4n) is 2.31. The van der Waals surface area contributed by atoms with Crippen LogP contribution in [0.2, 0.25) is 0 Å². The molecule has 4 nitrogen and oxygen atoms in total. The van der Waals surface area contributed by atoms with Crippen LogP contribution in [0.15, 0.2) is 70.7 Å². The first-order valence-electron chi connectivity index (χ1n) is 6.81. The third kappa shape index (κ3) is 2.25. The lowest BCUT2D eigenvalue weighted by molar-refractivity contribution is 0.104. The molecule has 0 bridgehead atoms. The van der Waals surface area contributed by atoms with Crippen molar-refractivity contribution in [2.45, 2.75) is 4.90 Å². The summed E-state index contributed by atoms with van der Waals surface area (Å²) in [6, 6.07) is 15.4. The van der Waals surface area contributed by atoms with Gasteiger partial charge in [0.1, 0.15) is 0 Å². The standard InChI is InChI=1S/C17H11N3OS/c21-16-12-6-2-4-8-14(12)22-15(16)10-19-17-18-9-11-5-1-3-7-13(11)20-17/h1-10H,(H,18,19,20)/b15-10-. The second-order valence-electron chi connectivity index (χ2n) is 4.83. The van der Waals surface area contributed by atoms with E-state index in [4.69, 9.17) is 0 Å². The van der Waals surface area contributed by atoms with E-state index in [0.29, 0.717) is 10.9 Å². The van der Waals surface area contributed by atoms with Crippen molar-refractivity contribution in [2.24, 2.45) is 0 Å². The van der Waals surface area contributed by atoms with Gasteiger partial charge >= 0.3 is 0 Å². The van der Waals surface area contributed by atoms with Gasteiger partial charge in [0.25, 0.3) is 0 Å². The Morgan fingerprint density at radius 1 is 1.05 bits per heavy atom. The van der Waals surface area contributed by atoms with Gasteiger partial charge in [0.05, 0.1) is 10.4 Å². The van der Waals surface area contributed by atoms with E-state index in [1.807, 2.05) is 48.5 Å². The number of aromatic nitrogens is 2. The second kappa shape index (κ2) is 5.27. The molecule has 0 saturated carbocycles. The molecule has 106 valence electrons. The van der Waals surface area contributed by atoms with E-state index in [-0.39, 0.29) is 5.78 Å². The first kappa shape index (κ1) is 13.0. The Morgan fingerprint density at radius 3 is 2.77 bits per heavy atom. The molecule has 3 aromatic rings. The fourth-order valence-corrected chi connectivity index (χ4v) is 3.28. The highest BCUT2D eigenvalue weighted by atomic mass is 32.2. The fraction of sp³-hybridized carbons (Fsp3) is 0. The van der Waals surface area contributed by atoms with Crippen LogP contribution in [0, 0.1) is 0 Å². The normalized spacial score (nSPS) is 15.3. The van der Waals surface area contributed by atoms with E-state index in [0.717, 1.165) is 21.4 Å². The van der Waals surface area contributed by atoms with E-state index in [2.05, 4.69) is 15.3 Å². The minimum Gasteiger partial charge on any atom is -0.329 e. The Balaban J connectivity index is 1.60. The van der Waals surface area contributed by atoms with Gasteiger partial charge < -0.3 is 5.32 Å². The number of rotatable bonds is 2. The average Bonchev–Trinajstić information content (AvgIpc) is 2.89. The van der Waals surface area contributed by atoms with Crippen molar-refractivity contribution in [3.8, 4) is 0 Å². The summed E-state index contributed by atoms with van der Waals surface area (Å²) in [5, 5.41) is 4.00. The number of carbonyl (C=O) groups is 1. The number of nitrogens with zero attached hydrogens (tertiary/aromatic N) is 2. The van der Waals surface area contributed by atoms with Crippen LogP contribution in [0.5, 0.6) is 0 Å². The van der Waals surface area contributed by atoms with Gasteiger partial charge in [0.15, 0.2) is 0 Å². The van der Waals surface area contributed by atoms with Crippen LogP contribution in [0.3, 0.4) is 0 Å². The molecule has 0 spiro atoms. The van der Waals surface area contributed by atoms with Crippen LogP contribution in [0.25, 0.3) is 10.9 Å². The van der Waals surface area contributed by atoms with Crippen molar-refractivity contribution < 1.29 is 4.79 Å². The van der Waals surface area contributed by atoms with Crippen LogP contribution in [0.1, 0.15) is 10.4 Å². The van der Waals surface area contributed by atoms with Crippen molar-refractivity contribution >= 4 is 34.4 Å². The Hall–Kier alpha value is -2.66. The van der Waals surface area contributed by atoms with Crippen LogP contribution in [-0.4, -0.2) is 15.8 Å². The molecule has 1 aromatic heterocycles. The third-order valence-electron chi connectivity index (χ3n) is 3.40. The van der Waals surface area contributed by atoms with Crippen LogP contribution in [-0.2, 0) is 0 Å². The number of thioether (sulfide) groups is 1. The summed E-state index contributed by atoms with van der Waals surface area (Å²) in [6.07, 6.45) is 3.44. The quantitative estimate of drug-likeness (QED) is 0.728. The zero-order chi connectivity index (χ0) is 14.9. The zero-order valence-corrected chi connectivity index (χ0v) is 12.3. The summed E-state index contributed by atoms with van der Waals surface area (Å²) in [5.41, 5.74) is 1.62. The number of ketones is 1.